The van der Waals surface area contributed by atoms with Crippen LogP contribution in [0, 0.1) is 5.92 Å². The summed E-state index contributed by atoms with van der Waals surface area (Å²) in [7, 11) is 0. The lowest BCUT2D eigenvalue weighted by atomic mass is 9.95. The van der Waals surface area contributed by atoms with Crippen molar-refractivity contribution in [3.63, 3.8) is 0 Å². The van der Waals surface area contributed by atoms with Gasteiger partial charge in [-0.25, -0.2) is 0 Å². The number of aromatic nitrogens is 1. The van der Waals surface area contributed by atoms with Crippen molar-refractivity contribution >= 4 is 23.2 Å². The second-order valence-corrected chi connectivity index (χ2v) is 7.66. The molecule has 6 nitrogen and oxygen atoms in total. The van der Waals surface area contributed by atoms with Crippen molar-refractivity contribution in [2.75, 3.05) is 23.3 Å². The third kappa shape index (κ3) is 5.28. The molecule has 1 aromatic heterocycles. The van der Waals surface area contributed by atoms with Gasteiger partial charge in [-0.05, 0) is 49.6 Å². The molecule has 4 rings (SSSR count). The number of pyridine rings is 1. The minimum Gasteiger partial charge on any atom is -0.371 e. The van der Waals surface area contributed by atoms with Crippen LogP contribution in [0.5, 0.6) is 0 Å². The molecule has 2 amide bonds. The molecule has 2 aromatic rings. The summed E-state index contributed by atoms with van der Waals surface area (Å²) in [5.74, 6) is -0.306. The van der Waals surface area contributed by atoms with Gasteiger partial charge in [-0.15, -0.1) is 0 Å². The molecule has 1 aliphatic carbocycles. The number of piperidine rings is 1. The molecule has 6 heteroatoms. The largest absolute Gasteiger partial charge is 0.371 e. The van der Waals surface area contributed by atoms with Crippen molar-refractivity contribution < 1.29 is 9.59 Å². The normalized spacial score (nSPS) is 16.7. The van der Waals surface area contributed by atoms with Crippen LogP contribution in [0.15, 0.2) is 90.4 Å². The van der Waals surface area contributed by atoms with E-state index in [-0.39, 0.29) is 17.7 Å². The van der Waals surface area contributed by atoms with Gasteiger partial charge in [0.2, 0.25) is 5.91 Å². The van der Waals surface area contributed by atoms with Crippen LogP contribution < -0.4 is 15.5 Å². The molecule has 0 bridgehead atoms. The highest BCUT2D eigenvalue weighted by Gasteiger charge is 2.26. The van der Waals surface area contributed by atoms with Crippen molar-refractivity contribution in [1.29, 1.82) is 0 Å². The molecule has 0 atom stereocenters. The molecule has 0 spiro atoms. The minimum absolute atomic E-state index is 0.0269. The second-order valence-electron chi connectivity index (χ2n) is 7.66. The summed E-state index contributed by atoms with van der Waals surface area (Å²) in [4.78, 5) is 32.2. The number of hydrogen-bond acceptors (Lipinski definition) is 4. The minimum atomic E-state index is -0.204. The van der Waals surface area contributed by atoms with E-state index in [1.165, 1.54) is 0 Å². The first kappa shape index (κ1) is 20.6. The van der Waals surface area contributed by atoms with Gasteiger partial charge >= 0.3 is 0 Å². The number of nitrogens with one attached hydrogen (secondary N) is 2. The van der Waals surface area contributed by atoms with Gasteiger partial charge in [-0.2, -0.15) is 0 Å². The van der Waals surface area contributed by atoms with E-state index in [9.17, 15) is 9.59 Å². The van der Waals surface area contributed by atoms with Crippen molar-refractivity contribution in [3.05, 3.63) is 90.4 Å². The van der Waals surface area contributed by atoms with Gasteiger partial charge in [0.1, 0.15) is 0 Å². The summed E-state index contributed by atoms with van der Waals surface area (Å²) in [6.45, 7) is 1.64. The second kappa shape index (κ2) is 9.89. The van der Waals surface area contributed by atoms with Crippen LogP contribution in [-0.4, -0.2) is 29.9 Å². The predicted molar refractivity (Wildman–Crippen MR) is 122 cm³/mol. The Morgan fingerprint density at radius 1 is 0.935 bits per heavy atom. The van der Waals surface area contributed by atoms with E-state index in [1.807, 2.05) is 60.7 Å². The maximum Gasteiger partial charge on any atom is 0.253 e. The summed E-state index contributed by atoms with van der Waals surface area (Å²) in [6, 6.07) is 13.3. The van der Waals surface area contributed by atoms with Gasteiger partial charge in [-0.1, -0.05) is 36.4 Å². The van der Waals surface area contributed by atoms with E-state index in [1.54, 1.807) is 18.5 Å². The molecule has 0 unspecified atom stereocenters. The van der Waals surface area contributed by atoms with E-state index in [4.69, 9.17) is 0 Å². The van der Waals surface area contributed by atoms with E-state index >= 15 is 0 Å². The lowest BCUT2D eigenvalue weighted by Gasteiger charge is -2.33. The molecule has 1 aliphatic heterocycles. The van der Waals surface area contributed by atoms with Crippen LogP contribution in [0.3, 0.4) is 0 Å². The highest BCUT2D eigenvalue weighted by atomic mass is 16.2. The average molecular weight is 415 g/mol. The van der Waals surface area contributed by atoms with Gasteiger partial charge in [-0.3, -0.25) is 14.6 Å². The highest BCUT2D eigenvalue weighted by Crippen LogP contribution is 2.24. The summed E-state index contributed by atoms with van der Waals surface area (Å²) < 4.78 is 0. The van der Waals surface area contributed by atoms with Crippen molar-refractivity contribution in [2.24, 2.45) is 5.92 Å². The number of allylic oxidation sites excluding steroid dienone is 4. The SMILES string of the molecule is O=C(Nc1ccccc1)C1=C(NC(=O)C2CCN(c3ccncc3)CC2)C=CC=CC1. The molecule has 1 fully saturated rings. The summed E-state index contributed by atoms with van der Waals surface area (Å²) in [6.07, 6.45) is 13.0. The number of hydrogen-bond donors (Lipinski definition) is 2. The lowest BCUT2D eigenvalue weighted by molar-refractivity contribution is -0.124. The van der Waals surface area contributed by atoms with E-state index in [0.29, 0.717) is 17.7 Å². The molecule has 1 aromatic carbocycles. The molecule has 0 radical (unpaired) electrons. The molecular weight excluding hydrogens is 388 g/mol. The summed E-state index contributed by atoms with van der Waals surface area (Å²) in [5, 5.41) is 5.94. The van der Waals surface area contributed by atoms with Gasteiger partial charge in [0, 0.05) is 54.0 Å². The van der Waals surface area contributed by atoms with E-state index in [0.717, 1.165) is 37.3 Å². The Morgan fingerprint density at radius 3 is 2.42 bits per heavy atom. The van der Waals surface area contributed by atoms with Gasteiger partial charge in [0.05, 0.1) is 0 Å². The molecule has 158 valence electrons. The number of carbonyl (C=O) groups excluding carboxylic acids is 2. The van der Waals surface area contributed by atoms with Gasteiger partial charge in [0.15, 0.2) is 0 Å². The van der Waals surface area contributed by atoms with Gasteiger partial charge < -0.3 is 15.5 Å². The Balaban J connectivity index is 1.42. The lowest BCUT2D eigenvalue weighted by Crippen LogP contribution is -2.40. The smallest absolute Gasteiger partial charge is 0.253 e. The average Bonchev–Trinajstić information content (AvgIpc) is 3.06. The van der Waals surface area contributed by atoms with Crippen LogP contribution >= 0.6 is 0 Å². The van der Waals surface area contributed by atoms with Crippen LogP contribution in [0.2, 0.25) is 0 Å². The fraction of sp³-hybridized carbons (Fsp3) is 0.240. The van der Waals surface area contributed by atoms with Gasteiger partial charge in [0.25, 0.3) is 5.91 Å². The molecule has 2 heterocycles. The number of anilines is 2. The first-order valence-electron chi connectivity index (χ1n) is 10.6. The molecule has 2 N–H and O–H groups in total. The highest BCUT2D eigenvalue weighted by molar-refractivity contribution is 6.05. The Kier molecular flexibility index (Phi) is 6.57. The zero-order valence-electron chi connectivity index (χ0n) is 17.3. The van der Waals surface area contributed by atoms with Crippen LogP contribution in [-0.2, 0) is 9.59 Å². The number of carbonyl (C=O) groups is 2. The molecule has 0 saturated carbocycles. The standard InChI is InChI=1S/C25H26N4O2/c30-24(19-13-17-29(18-14-19)21-11-15-26-16-12-21)28-23-10-6-2-5-9-22(23)25(31)27-20-7-3-1-4-8-20/h1-8,10-12,15-16,19H,9,13-14,17-18H2,(H,27,31)(H,28,30). The number of nitrogens with zero attached hydrogens (tertiary/aromatic N) is 2. The summed E-state index contributed by atoms with van der Waals surface area (Å²) in [5.41, 5.74) is 2.98. The van der Waals surface area contributed by atoms with Crippen molar-refractivity contribution in [2.45, 2.75) is 19.3 Å². The monoisotopic (exact) mass is 414 g/mol. The first-order valence-corrected chi connectivity index (χ1v) is 10.6. The fourth-order valence-electron chi connectivity index (χ4n) is 3.88. The Labute approximate surface area is 182 Å². The molecule has 31 heavy (non-hydrogen) atoms. The van der Waals surface area contributed by atoms with E-state index in [2.05, 4.69) is 20.5 Å². The number of benzene rings is 1. The van der Waals surface area contributed by atoms with E-state index < -0.39 is 0 Å². The first-order chi connectivity index (χ1) is 15.2. The third-order valence-electron chi connectivity index (χ3n) is 5.61. The predicted octanol–water partition coefficient (Wildman–Crippen LogP) is 3.82. The quantitative estimate of drug-likeness (QED) is 0.780. The topological polar surface area (TPSA) is 74.3 Å². The maximum absolute atomic E-state index is 13.0. The Hall–Kier alpha value is -3.67. The number of amides is 2. The maximum atomic E-state index is 13.0. The Bertz CT molecular complexity index is 1000. The Morgan fingerprint density at radius 2 is 1.68 bits per heavy atom. The third-order valence-corrected chi connectivity index (χ3v) is 5.61. The summed E-state index contributed by atoms with van der Waals surface area (Å²) >= 11 is 0. The van der Waals surface area contributed by atoms with Crippen LogP contribution in [0.4, 0.5) is 11.4 Å². The molecular formula is C25H26N4O2. The zero-order chi connectivity index (χ0) is 21.5. The van der Waals surface area contributed by atoms with Crippen LogP contribution in [0.25, 0.3) is 0 Å². The van der Waals surface area contributed by atoms with Crippen LogP contribution in [0.1, 0.15) is 19.3 Å². The van der Waals surface area contributed by atoms with Crippen molar-refractivity contribution in [1.82, 2.24) is 10.3 Å². The molecule has 1 saturated heterocycles. The zero-order valence-corrected chi connectivity index (χ0v) is 17.3. The molecule has 2 aliphatic rings. The number of para-hydroxylation sites is 1. The van der Waals surface area contributed by atoms with Crippen molar-refractivity contribution in [3.8, 4) is 0 Å². The fourth-order valence-corrected chi connectivity index (χ4v) is 3.88. The number of rotatable bonds is 5.